The zero-order chi connectivity index (χ0) is 14.8. The maximum Gasteiger partial charge on any atom is 0.423 e. The normalized spacial score (nSPS) is 16.0. The first-order valence-corrected chi connectivity index (χ1v) is 6.21. The summed E-state index contributed by atoms with van der Waals surface area (Å²) >= 11 is 0. The van der Waals surface area contributed by atoms with Crippen molar-refractivity contribution in [3.8, 4) is 0 Å². The van der Waals surface area contributed by atoms with Crippen LogP contribution in [0.4, 0.5) is 24.5 Å². The molecule has 1 aliphatic heterocycles. The van der Waals surface area contributed by atoms with E-state index in [1.54, 1.807) is 4.90 Å². The fourth-order valence-corrected chi connectivity index (χ4v) is 2.21. The molecule has 0 unspecified atom stereocenters. The molecule has 1 fully saturated rings. The highest BCUT2D eigenvalue weighted by molar-refractivity contribution is 5.85. The van der Waals surface area contributed by atoms with E-state index in [4.69, 9.17) is 0 Å². The van der Waals surface area contributed by atoms with Crippen LogP contribution in [0.25, 0.3) is 0 Å². The monoisotopic (exact) mass is 325 g/mol. The number of hydrogen-bond donors (Lipinski definition) is 1. The van der Waals surface area contributed by atoms with Crippen molar-refractivity contribution in [2.45, 2.75) is 12.6 Å². The van der Waals surface area contributed by atoms with Crippen molar-refractivity contribution in [1.29, 1.82) is 0 Å². The predicted molar refractivity (Wildman–Crippen MR) is 75.0 cm³/mol. The lowest BCUT2D eigenvalue weighted by Crippen LogP contribution is -2.28. The van der Waals surface area contributed by atoms with Crippen LogP contribution < -0.4 is 10.2 Å². The molecule has 2 rings (SSSR count). The molecule has 0 atom stereocenters. The molecular weight excluding hydrogens is 311 g/mol. The third kappa shape index (κ3) is 4.21. The van der Waals surface area contributed by atoms with Gasteiger partial charge in [-0.15, -0.1) is 12.4 Å². The van der Waals surface area contributed by atoms with Crippen molar-refractivity contribution in [3.63, 3.8) is 0 Å². The third-order valence-electron chi connectivity index (χ3n) is 3.19. The van der Waals surface area contributed by atoms with Gasteiger partial charge in [0, 0.05) is 31.4 Å². The van der Waals surface area contributed by atoms with Gasteiger partial charge in [-0.05, 0) is 25.1 Å². The first kappa shape index (κ1) is 17.5. The lowest BCUT2D eigenvalue weighted by atomic mass is 10.1. The van der Waals surface area contributed by atoms with Crippen molar-refractivity contribution < 1.29 is 18.1 Å². The molecule has 5 nitrogen and oxygen atoms in total. The standard InChI is InChI=1S/C12H14F3N3O2.ClH/c13-12(14,15)10-8-9(2-3-11(10)18(19)20)17-6-1-4-16-5-7-17;/h2-3,8,16H,1,4-7H2;1H. The summed E-state index contributed by atoms with van der Waals surface area (Å²) in [6.45, 7) is 2.70. The van der Waals surface area contributed by atoms with E-state index in [9.17, 15) is 23.3 Å². The molecule has 0 aromatic heterocycles. The first-order valence-electron chi connectivity index (χ1n) is 6.21. The zero-order valence-corrected chi connectivity index (χ0v) is 11.8. The van der Waals surface area contributed by atoms with Gasteiger partial charge in [0.2, 0.25) is 0 Å². The number of nitrogens with zero attached hydrogens (tertiary/aromatic N) is 2. The SMILES string of the molecule is Cl.O=[N+]([O-])c1ccc(N2CCCNCC2)cc1C(F)(F)F. The number of alkyl halides is 3. The van der Waals surface area contributed by atoms with Gasteiger partial charge in [0.1, 0.15) is 5.56 Å². The van der Waals surface area contributed by atoms with Crippen molar-refractivity contribution in [2.75, 3.05) is 31.1 Å². The molecule has 0 aliphatic carbocycles. The van der Waals surface area contributed by atoms with Crippen LogP contribution in [0.15, 0.2) is 18.2 Å². The molecule has 0 bridgehead atoms. The first-order chi connectivity index (χ1) is 9.39. The van der Waals surface area contributed by atoms with E-state index in [2.05, 4.69) is 5.32 Å². The molecule has 0 saturated carbocycles. The van der Waals surface area contributed by atoms with Gasteiger partial charge >= 0.3 is 6.18 Å². The van der Waals surface area contributed by atoms with E-state index >= 15 is 0 Å². The van der Waals surface area contributed by atoms with Crippen LogP contribution in [0, 0.1) is 10.1 Å². The van der Waals surface area contributed by atoms with Crippen LogP contribution in [-0.4, -0.2) is 31.1 Å². The van der Waals surface area contributed by atoms with E-state index in [1.807, 2.05) is 0 Å². The van der Waals surface area contributed by atoms with Gasteiger partial charge in [-0.3, -0.25) is 10.1 Å². The van der Waals surface area contributed by atoms with Crippen LogP contribution in [0.3, 0.4) is 0 Å². The minimum Gasteiger partial charge on any atom is -0.370 e. The summed E-state index contributed by atoms with van der Waals surface area (Å²) in [5.41, 5.74) is -1.74. The van der Waals surface area contributed by atoms with Crippen LogP contribution in [0.2, 0.25) is 0 Å². The molecule has 1 aromatic rings. The second kappa shape index (κ2) is 6.95. The lowest BCUT2D eigenvalue weighted by Gasteiger charge is -2.23. The zero-order valence-electron chi connectivity index (χ0n) is 11.0. The van der Waals surface area contributed by atoms with Gasteiger partial charge in [0.15, 0.2) is 0 Å². The summed E-state index contributed by atoms with van der Waals surface area (Å²) in [5, 5.41) is 13.8. The molecule has 118 valence electrons. The Labute approximate surface area is 125 Å². The molecule has 9 heteroatoms. The highest BCUT2D eigenvalue weighted by Gasteiger charge is 2.38. The highest BCUT2D eigenvalue weighted by Crippen LogP contribution is 2.38. The average molecular weight is 326 g/mol. The predicted octanol–water partition coefficient (Wildman–Crippen LogP) is 2.84. The fourth-order valence-electron chi connectivity index (χ4n) is 2.21. The topological polar surface area (TPSA) is 58.4 Å². The van der Waals surface area contributed by atoms with Gasteiger partial charge in [-0.25, -0.2) is 0 Å². The molecule has 1 saturated heterocycles. The second-order valence-electron chi connectivity index (χ2n) is 4.55. The molecule has 21 heavy (non-hydrogen) atoms. The molecule has 0 amide bonds. The largest absolute Gasteiger partial charge is 0.423 e. The quantitative estimate of drug-likeness (QED) is 0.671. The summed E-state index contributed by atoms with van der Waals surface area (Å²) in [6.07, 6.45) is -3.92. The van der Waals surface area contributed by atoms with Crippen molar-refractivity contribution in [2.24, 2.45) is 0 Å². The van der Waals surface area contributed by atoms with Crippen molar-refractivity contribution in [3.05, 3.63) is 33.9 Å². The summed E-state index contributed by atoms with van der Waals surface area (Å²) < 4.78 is 38.7. The van der Waals surface area contributed by atoms with Gasteiger partial charge in [-0.2, -0.15) is 13.2 Å². The number of rotatable bonds is 2. The maximum absolute atomic E-state index is 12.9. The Balaban J connectivity index is 0.00000220. The minimum atomic E-state index is -4.73. The Bertz CT molecular complexity index is 503. The Hall–Kier alpha value is -1.54. The Kier molecular flexibility index (Phi) is 5.79. The summed E-state index contributed by atoms with van der Waals surface area (Å²) in [5.74, 6) is 0. The van der Waals surface area contributed by atoms with E-state index in [0.717, 1.165) is 25.1 Å². The van der Waals surface area contributed by atoms with Crippen molar-refractivity contribution in [1.82, 2.24) is 5.32 Å². The van der Waals surface area contributed by atoms with Gasteiger partial charge in [0.25, 0.3) is 5.69 Å². The lowest BCUT2D eigenvalue weighted by molar-refractivity contribution is -0.388. The van der Waals surface area contributed by atoms with Crippen molar-refractivity contribution >= 4 is 23.8 Å². The molecule has 1 aromatic carbocycles. The molecule has 1 N–H and O–H groups in total. The Morgan fingerprint density at radius 3 is 2.57 bits per heavy atom. The smallest absolute Gasteiger partial charge is 0.370 e. The van der Waals surface area contributed by atoms with Crippen LogP contribution >= 0.6 is 12.4 Å². The maximum atomic E-state index is 12.9. The number of anilines is 1. The van der Waals surface area contributed by atoms with Gasteiger partial charge in [-0.1, -0.05) is 0 Å². The number of nitro groups is 1. The number of benzene rings is 1. The van der Waals surface area contributed by atoms with E-state index in [1.165, 1.54) is 6.07 Å². The number of nitrogens with one attached hydrogen (secondary N) is 1. The molecule has 0 spiro atoms. The van der Waals surface area contributed by atoms with E-state index in [0.29, 0.717) is 25.3 Å². The Morgan fingerprint density at radius 2 is 1.95 bits per heavy atom. The molecular formula is C12H15ClF3N3O2. The summed E-state index contributed by atoms with van der Waals surface area (Å²) in [6, 6.07) is 3.17. The second-order valence-corrected chi connectivity index (χ2v) is 4.55. The molecule has 0 radical (unpaired) electrons. The fraction of sp³-hybridized carbons (Fsp3) is 0.500. The third-order valence-corrected chi connectivity index (χ3v) is 3.19. The van der Waals surface area contributed by atoms with Gasteiger partial charge < -0.3 is 10.2 Å². The molecule has 1 aliphatic rings. The minimum absolute atomic E-state index is 0. The van der Waals surface area contributed by atoms with Crippen LogP contribution in [-0.2, 0) is 6.18 Å². The summed E-state index contributed by atoms with van der Waals surface area (Å²) in [4.78, 5) is 11.5. The van der Waals surface area contributed by atoms with Crippen LogP contribution in [0.5, 0.6) is 0 Å². The van der Waals surface area contributed by atoms with E-state index < -0.39 is 22.4 Å². The van der Waals surface area contributed by atoms with Gasteiger partial charge in [0.05, 0.1) is 4.92 Å². The summed E-state index contributed by atoms with van der Waals surface area (Å²) in [7, 11) is 0. The van der Waals surface area contributed by atoms with Crippen LogP contribution in [0.1, 0.15) is 12.0 Å². The number of nitro benzene ring substituents is 1. The molecule has 1 heterocycles. The Morgan fingerprint density at radius 1 is 1.24 bits per heavy atom. The number of halogens is 4. The van der Waals surface area contributed by atoms with E-state index in [-0.39, 0.29) is 12.4 Å². The average Bonchev–Trinajstić information content (AvgIpc) is 2.65. The highest BCUT2D eigenvalue weighted by atomic mass is 35.5. The number of hydrogen-bond acceptors (Lipinski definition) is 4.